The summed E-state index contributed by atoms with van der Waals surface area (Å²) in [6, 6.07) is 16.3. The molecule has 0 bridgehead atoms. The van der Waals surface area contributed by atoms with Crippen molar-refractivity contribution in [2.45, 2.75) is 39.3 Å². The number of pyridine rings is 2. The highest BCUT2D eigenvalue weighted by Gasteiger charge is 2.19. The Kier molecular flexibility index (Phi) is 5.66. The van der Waals surface area contributed by atoms with E-state index in [2.05, 4.69) is 17.2 Å². The molecule has 1 amide bonds. The number of amides is 1. The van der Waals surface area contributed by atoms with E-state index in [1.165, 1.54) is 10.5 Å². The van der Waals surface area contributed by atoms with E-state index in [-0.39, 0.29) is 28.6 Å². The summed E-state index contributed by atoms with van der Waals surface area (Å²) in [5.41, 5.74) is 1.89. The van der Waals surface area contributed by atoms with Gasteiger partial charge in [0, 0.05) is 12.7 Å². The van der Waals surface area contributed by atoms with Crippen molar-refractivity contribution in [1.29, 1.82) is 5.41 Å². The van der Waals surface area contributed by atoms with Crippen molar-refractivity contribution in [2.24, 2.45) is 0 Å². The van der Waals surface area contributed by atoms with Gasteiger partial charge in [0.05, 0.1) is 17.0 Å². The Morgan fingerprint density at radius 3 is 2.65 bits per heavy atom. The van der Waals surface area contributed by atoms with Crippen molar-refractivity contribution >= 4 is 22.6 Å². The number of nitrogens with zero attached hydrogens (tertiary/aromatic N) is 3. The number of nitrogens with one attached hydrogen (secondary N) is 2. The van der Waals surface area contributed by atoms with Crippen molar-refractivity contribution in [1.82, 2.24) is 19.3 Å². The van der Waals surface area contributed by atoms with Crippen LogP contribution in [0.15, 0.2) is 65.6 Å². The first-order valence-corrected chi connectivity index (χ1v) is 10.5. The zero-order valence-corrected chi connectivity index (χ0v) is 17.6. The zero-order valence-electron chi connectivity index (χ0n) is 17.6. The number of benzene rings is 1. The summed E-state index contributed by atoms with van der Waals surface area (Å²) in [5, 5.41) is 12.0. The number of carbonyl (C=O) groups excluding carboxylic acids is 1. The third kappa shape index (κ3) is 3.86. The second kappa shape index (κ2) is 8.55. The first kappa shape index (κ1) is 20.5. The molecule has 2 N–H and O–H groups in total. The van der Waals surface area contributed by atoms with Crippen molar-refractivity contribution in [3.8, 4) is 0 Å². The van der Waals surface area contributed by atoms with Gasteiger partial charge in [0.2, 0.25) is 0 Å². The van der Waals surface area contributed by atoms with Crippen molar-refractivity contribution in [3.63, 3.8) is 0 Å². The van der Waals surface area contributed by atoms with Crippen molar-refractivity contribution in [3.05, 3.63) is 87.8 Å². The topological polar surface area (TPSA) is 92.2 Å². The van der Waals surface area contributed by atoms with Gasteiger partial charge in [-0.2, -0.15) is 0 Å². The second-order valence-corrected chi connectivity index (χ2v) is 7.60. The van der Waals surface area contributed by atoms with Gasteiger partial charge in [0.15, 0.2) is 0 Å². The molecule has 0 aliphatic carbocycles. The van der Waals surface area contributed by atoms with Crippen LogP contribution in [0.1, 0.15) is 48.7 Å². The van der Waals surface area contributed by atoms with Gasteiger partial charge >= 0.3 is 0 Å². The molecule has 158 valence electrons. The summed E-state index contributed by atoms with van der Waals surface area (Å²) >= 11 is 0. The Labute approximate surface area is 179 Å². The molecule has 4 aromatic rings. The highest BCUT2D eigenvalue weighted by Crippen LogP contribution is 2.14. The minimum atomic E-state index is -0.383. The number of unbranched alkanes of at least 4 members (excludes halogenated alkanes) is 1. The normalized spacial score (nSPS) is 12.2. The van der Waals surface area contributed by atoms with Crippen LogP contribution < -0.4 is 16.4 Å². The van der Waals surface area contributed by atoms with Crippen LogP contribution in [-0.4, -0.2) is 19.9 Å². The standard InChI is InChI=1S/C24H25N5O2/c1-3-4-13-29-21(25)18(23(30)26-16(2)17-10-6-5-7-11-17)15-19-22(29)27-20-12-8-9-14-28(20)24(19)31/h5-12,14-16,25H,3-4,13H2,1-2H3,(H,26,30)/t16-/m1/s1. The lowest BCUT2D eigenvalue weighted by atomic mass is 10.1. The number of aryl methyl sites for hydroxylation is 1. The second-order valence-electron chi connectivity index (χ2n) is 7.60. The first-order valence-electron chi connectivity index (χ1n) is 10.5. The van der Waals surface area contributed by atoms with Crippen LogP contribution >= 0.6 is 0 Å². The summed E-state index contributed by atoms with van der Waals surface area (Å²) in [5.74, 6) is -0.383. The lowest BCUT2D eigenvalue weighted by Crippen LogP contribution is -2.36. The lowest BCUT2D eigenvalue weighted by molar-refractivity contribution is 0.0937. The van der Waals surface area contributed by atoms with E-state index >= 15 is 0 Å². The van der Waals surface area contributed by atoms with Gasteiger partial charge in [0.1, 0.15) is 16.8 Å². The molecular formula is C24H25N5O2. The van der Waals surface area contributed by atoms with E-state index in [4.69, 9.17) is 5.41 Å². The molecule has 0 radical (unpaired) electrons. The number of carbonyl (C=O) groups is 1. The van der Waals surface area contributed by atoms with Crippen LogP contribution in [0, 0.1) is 5.41 Å². The molecule has 0 fully saturated rings. The van der Waals surface area contributed by atoms with E-state index in [1.807, 2.05) is 43.3 Å². The molecule has 0 aliphatic heterocycles. The highest BCUT2D eigenvalue weighted by molar-refractivity contribution is 5.97. The molecule has 0 aliphatic rings. The predicted octanol–water partition coefficient (Wildman–Crippen LogP) is 3.42. The number of hydrogen-bond acceptors (Lipinski definition) is 4. The Balaban J connectivity index is 1.87. The summed E-state index contributed by atoms with van der Waals surface area (Å²) in [4.78, 5) is 30.9. The molecule has 4 rings (SSSR count). The Morgan fingerprint density at radius 2 is 1.90 bits per heavy atom. The number of aromatic nitrogens is 3. The summed E-state index contributed by atoms with van der Waals surface area (Å²) in [6.45, 7) is 4.46. The minimum Gasteiger partial charge on any atom is -0.345 e. The molecule has 7 nitrogen and oxygen atoms in total. The van der Waals surface area contributed by atoms with E-state index < -0.39 is 0 Å². The zero-order chi connectivity index (χ0) is 22.0. The van der Waals surface area contributed by atoms with E-state index in [0.29, 0.717) is 23.2 Å². The maximum atomic E-state index is 13.2. The predicted molar refractivity (Wildman–Crippen MR) is 120 cm³/mol. The monoisotopic (exact) mass is 415 g/mol. The average molecular weight is 415 g/mol. The Morgan fingerprint density at radius 1 is 1.16 bits per heavy atom. The summed E-state index contributed by atoms with van der Waals surface area (Å²) in [6.07, 6.45) is 3.39. The molecule has 0 spiro atoms. The molecule has 0 unspecified atom stereocenters. The molecule has 7 heteroatoms. The van der Waals surface area contributed by atoms with E-state index in [1.54, 1.807) is 22.9 Å². The first-order chi connectivity index (χ1) is 15.0. The Hall–Kier alpha value is -3.74. The van der Waals surface area contributed by atoms with Crippen LogP contribution in [0.2, 0.25) is 0 Å². The molecule has 3 heterocycles. The van der Waals surface area contributed by atoms with Crippen molar-refractivity contribution in [2.75, 3.05) is 0 Å². The molecule has 0 saturated carbocycles. The fourth-order valence-corrected chi connectivity index (χ4v) is 3.69. The van der Waals surface area contributed by atoms with Gasteiger partial charge in [-0.15, -0.1) is 0 Å². The van der Waals surface area contributed by atoms with E-state index in [0.717, 1.165) is 18.4 Å². The van der Waals surface area contributed by atoms with Gasteiger partial charge in [-0.1, -0.05) is 49.7 Å². The molecule has 1 aromatic carbocycles. The fourth-order valence-electron chi connectivity index (χ4n) is 3.69. The maximum absolute atomic E-state index is 13.2. The third-order valence-corrected chi connectivity index (χ3v) is 5.45. The van der Waals surface area contributed by atoms with Crippen molar-refractivity contribution < 1.29 is 4.79 Å². The maximum Gasteiger partial charge on any atom is 0.267 e. The minimum absolute atomic E-state index is 0.0610. The highest BCUT2D eigenvalue weighted by atomic mass is 16.1. The molecule has 0 saturated heterocycles. The van der Waals surface area contributed by atoms with Gasteiger partial charge in [-0.3, -0.25) is 19.4 Å². The molecular weight excluding hydrogens is 390 g/mol. The largest absolute Gasteiger partial charge is 0.345 e. The molecule has 3 aromatic heterocycles. The van der Waals surface area contributed by atoms with Crippen LogP contribution in [0.25, 0.3) is 16.7 Å². The van der Waals surface area contributed by atoms with Crippen LogP contribution in [0.5, 0.6) is 0 Å². The quantitative estimate of drug-likeness (QED) is 0.473. The van der Waals surface area contributed by atoms with Crippen LogP contribution in [0.3, 0.4) is 0 Å². The lowest BCUT2D eigenvalue weighted by Gasteiger charge is -2.17. The SMILES string of the molecule is CCCCn1c(=N)c(C(=O)N[C@H](C)c2ccccc2)cc2c(=O)n3ccccc3nc21. The molecule has 31 heavy (non-hydrogen) atoms. The van der Waals surface area contributed by atoms with Gasteiger partial charge in [-0.25, -0.2) is 4.98 Å². The van der Waals surface area contributed by atoms with E-state index in [9.17, 15) is 9.59 Å². The number of hydrogen-bond donors (Lipinski definition) is 2. The van der Waals surface area contributed by atoms with Gasteiger partial charge in [0.25, 0.3) is 11.5 Å². The summed E-state index contributed by atoms with van der Waals surface area (Å²) in [7, 11) is 0. The summed E-state index contributed by atoms with van der Waals surface area (Å²) < 4.78 is 3.14. The van der Waals surface area contributed by atoms with Gasteiger partial charge in [-0.05, 0) is 37.1 Å². The third-order valence-electron chi connectivity index (χ3n) is 5.45. The van der Waals surface area contributed by atoms with Crippen LogP contribution in [-0.2, 0) is 6.54 Å². The Bertz CT molecular complexity index is 1370. The fraction of sp³-hybridized carbons (Fsp3) is 0.250. The van der Waals surface area contributed by atoms with Crippen LogP contribution in [0.4, 0.5) is 0 Å². The van der Waals surface area contributed by atoms with Gasteiger partial charge < -0.3 is 9.88 Å². The molecule has 1 atom stereocenters. The number of rotatable bonds is 6. The average Bonchev–Trinajstić information content (AvgIpc) is 2.79. The number of fused-ring (bicyclic) bond motifs is 2. The smallest absolute Gasteiger partial charge is 0.267 e.